The maximum atomic E-state index is 11.7. The molecule has 19 heavy (non-hydrogen) atoms. The molecule has 0 aliphatic heterocycles. The average molecular weight is 297 g/mol. The van der Waals surface area contributed by atoms with Crippen LogP contribution >= 0.6 is 23.1 Å². The number of hydrogen-bond acceptors (Lipinski definition) is 7. The van der Waals surface area contributed by atoms with Gasteiger partial charge >= 0.3 is 11.7 Å². The monoisotopic (exact) mass is 297 g/mol. The van der Waals surface area contributed by atoms with Gasteiger partial charge in [-0.1, -0.05) is 11.8 Å². The summed E-state index contributed by atoms with van der Waals surface area (Å²) in [5, 5.41) is 2.27. The van der Waals surface area contributed by atoms with Gasteiger partial charge in [-0.3, -0.25) is 0 Å². The molecule has 0 fully saturated rings. The lowest BCUT2D eigenvalue weighted by molar-refractivity contribution is 0.0594. The molecule has 0 aliphatic carbocycles. The van der Waals surface area contributed by atoms with Crippen LogP contribution in [0.4, 0.5) is 0 Å². The van der Waals surface area contributed by atoms with E-state index in [4.69, 9.17) is 4.74 Å². The molecule has 2 aromatic heterocycles. The van der Waals surface area contributed by atoms with Crippen LogP contribution in [0.2, 0.25) is 0 Å². The van der Waals surface area contributed by atoms with E-state index in [0.29, 0.717) is 22.0 Å². The van der Waals surface area contributed by atoms with Crippen LogP contribution in [-0.4, -0.2) is 28.0 Å². The Kier molecular flexibility index (Phi) is 4.33. The molecule has 8 heteroatoms. The molecule has 100 valence electrons. The molecule has 0 spiro atoms. The average Bonchev–Trinajstić information content (AvgIpc) is 2.88. The van der Waals surface area contributed by atoms with Gasteiger partial charge in [-0.05, 0) is 6.92 Å². The van der Waals surface area contributed by atoms with Gasteiger partial charge in [0, 0.05) is 16.8 Å². The summed E-state index contributed by atoms with van der Waals surface area (Å²) in [5.41, 5.74) is 2.87. The van der Waals surface area contributed by atoms with Crippen LogP contribution in [0.3, 0.4) is 0 Å². The Morgan fingerprint density at radius 1 is 1.58 bits per heavy atom. The maximum Gasteiger partial charge on any atom is 0.346 e. The molecule has 2 aromatic rings. The highest BCUT2D eigenvalue weighted by Gasteiger charge is 2.18. The summed E-state index contributed by atoms with van der Waals surface area (Å²) in [6.45, 7) is 1.64. The quantitative estimate of drug-likeness (QED) is 0.524. The minimum atomic E-state index is -0.512. The Labute approximate surface area is 117 Å². The number of hydrogen-bond donors (Lipinski definition) is 1. The van der Waals surface area contributed by atoms with Crippen molar-refractivity contribution in [3.63, 3.8) is 0 Å². The molecule has 0 amide bonds. The van der Waals surface area contributed by atoms with Crippen LogP contribution in [-0.2, 0) is 10.5 Å². The Balaban J connectivity index is 2.32. The van der Waals surface area contributed by atoms with Crippen molar-refractivity contribution in [3.8, 4) is 0 Å². The van der Waals surface area contributed by atoms with E-state index in [9.17, 15) is 9.59 Å². The number of thioether (sulfide) groups is 1. The summed E-state index contributed by atoms with van der Waals surface area (Å²) < 4.78 is 4.71. The molecule has 0 aromatic carbocycles. The Morgan fingerprint density at radius 3 is 3.00 bits per heavy atom. The van der Waals surface area contributed by atoms with Crippen molar-refractivity contribution in [2.45, 2.75) is 17.7 Å². The zero-order valence-corrected chi connectivity index (χ0v) is 11.9. The minimum Gasteiger partial charge on any atom is -0.465 e. The predicted molar refractivity (Wildman–Crippen MR) is 72.6 cm³/mol. The van der Waals surface area contributed by atoms with Gasteiger partial charge in [0.2, 0.25) is 0 Å². The summed E-state index contributed by atoms with van der Waals surface area (Å²) in [7, 11) is 1.29. The third kappa shape index (κ3) is 3.21. The van der Waals surface area contributed by atoms with Gasteiger partial charge in [-0.15, -0.1) is 11.3 Å². The fraction of sp³-hybridized carbons (Fsp3) is 0.273. The van der Waals surface area contributed by atoms with Gasteiger partial charge < -0.3 is 9.72 Å². The number of carbonyl (C=O) groups excluding carboxylic acids is 1. The summed E-state index contributed by atoms with van der Waals surface area (Å²) in [5.74, 6) is 0.0330. The van der Waals surface area contributed by atoms with Crippen molar-refractivity contribution < 1.29 is 9.53 Å². The number of esters is 1. The van der Waals surface area contributed by atoms with E-state index < -0.39 is 11.7 Å². The first-order chi connectivity index (χ1) is 9.11. The topological polar surface area (TPSA) is 84.9 Å². The number of aromatic nitrogens is 3. The van der Waals surface area contributed by atoms with Crippen molar-refractivity contribution >= 4 is 29.1 Å². The van der Waals surface area contributed by atoms with Crippen LogP contribution in [0.15, 0.2) is 20.7 Å². The second-order valence-electron chi connectivity index (χ2n) is 3.61. The number of nitrogens with one attached hydrogen (secondary N) is 1. The molecule has 0 saturated heterocycles. The number of H-pyrrole nitrogens is 1. The van der Waals surface area contributed by atoms with Crippen LogP contribution in [0.5, 0.6) is 0 Å². The number of ether oxygens (including phenoxy) is 1. The Hall–Kier alpha value is -1.67. The molecule has 1 N–H and O–H groups in total. The molecule has 0 aliphatic rings. The fourth-order valence-electron chi connectivity index (χ4n) is 1.46. The van der Waals surface area contributed by atoms with E-state index in [-0.39, 0.29) is 0 Å². The van der Waals surface area contributed by atoms with Crippen molar-refractivity contribution in [3.05, 3.63) is 38.3 Å². The Morgan fingerprint density at radius 2 is 2.37 bits per heavy atom. The summed E-state index contributed by atoms with van der Waals surface area (Å²) in [6.07, 6.45) is 0. The first-order valence-corrected chi connectivity index (χ1v) is 7.23. The van der Waals surface area contributed by atoms with E-state index >= 15 is 0 Å². The molecule has 0 saturated carbocycles. The van der Waals surface area contributed by atoms with Crippen LogP contribution in [0.25, 0.3) is 0 Å². The standard InChI is InChI=1S/C11H11N3O3S2/c1-6-8(10(15)17-2)9(14-11(16)13-6)19-4-7-3-18-5-12-7/h3,5H,4H2,1-2H3,(H,13,14,16). The highest BCUT2D eigenvalue weighted by Crippen LogP contribution is 2.25. The van der Waals surface area contributed by atoms with Crippen LogP contribution in [0.1, 0.15) is 21.7 Å². The van der Waals surface area contributed by atoms with Crippen LogP contribution in [0, 0.1) is 6.92 Å². The number of aromatic amines is 1. The van der Waals surface area contributed by atoms with Gasteiger partial charge in [0.15, 0.2) is 0 Å². The highest BCUT2D eigenvalue weighted by atomic mass is 32.2. The van der Waals surface area contributed by atoms with Crippen LogP contribution < -0.4 is 5.69 Å². The third-order valence-corrected chi connectivity index (χ3v) is 3.96. The summed E-state index contributed by atoms with van der Waals surface area (Å²) in [4.78, 5) is 33.6. The normalized spacial score (nSPS) is 10.4. The Bertz CT molecular complexity index is 637. The molecule has 2 heterocycles. The van der Waals surface area contributed by atoms with Gasteiger partial charge in [0.25, 0.3) is 0 Å². The third-order valence-electron chi connectivity index (χ3n) is 2.32. The van der Waals surface area contributed by atoms with Gasteiger partial charge in [0.05, 0.1) is 18.3 Å². The molecule has 0 radical (unpaired) electrons. The van der Waals surface area contributed by atoms with E-state index in [2.05, 4.69) is 15.0 Å². The van der Waals surface area contributed by atoms with Gasteiger partial charge in [-0.2, -0.15) is 4.98 Å². The van der Waals surface area contributed by atoms with E-state index in [1.165, 1.54) is 30.2 Å². The number of rotatable bonds is 4. The maximum absolute atomic E-state index is 11.7. The number of thiazole rings is 1. The zero-order valence-electron chi connectivity index (χ0n) is 10.3. The van der Waals surface area contributed by atoms with Crippen molar-refractivity contribution in [1.82, 2.24) is 15.0 Å². The van der Waals surface area contributed by atoms with Gasteiger partial charge in [-0.25, -0.2) is 14.6 Å². The number of aryl methyl sites for hydroxylation is 1. The smallest absolute Gasteiger partial charge is 0.346 e. The highest BCUT2D eigenvalue weighted by molar-refractivity contribution is 7.98. The number of nitrogens with zero attached hydrogens (tertiary/aromatic N) is 2. The second-order valence-corrected chi connectivity index (χ2v) is 5.29. The first-order valence-electron chi connectivity index (χ1n) is 5.31. The van der Waals surface area contributed by atoms with Gasteiger partial charge in [0.1, 0.15) is 10.6 Å². The minimum absolute atomic E-state index is 0.294. The molecule has 2 rings (SSSR count). The fourth-order valence-corrected chi connectivity index (χ4v) is 3.09. The lowest BCUT2D eigenvalue weighted by Crippen LogP contribution is -2.19. The molecule has 0 bridgehead atoms. The van der Waals surface area contributed by atoms with E-state index in [0.717, 1.165) is 5.69 Å². The lowest BCUT2D eigenvalue weighted by atomic mass is 10.2. The SMILES string of the molecule is COC(=O)c1c(SCc2cscn2)nc(=O)[nH]c1C. The largest absolute Gasteiger partial charge is 0.465 e. The summed E-state index contributed by atoms with van der Waals surface area (Å²) in [6, 6.07) is 0. The van der Waals surface area contributed by atoms with Crippen molar-refractivity contribution in [1.29, 1.82) is 0 Å². The molecular formula is C11H11N3O3S2. The first kappa shape index (κ1) is 13.8. The lowest BCUT2D eigenvalue weighted by Gasteiger charge is -2.08. The number of carbonyl (C=O) groups is 1. The molecular weight excluding hydrogens is 286 g/mol. The molecule has 6 nitrogen and oxygen atoms in total. The summed E-state index contributed by atoms with van der Waals surface area (Å²) >= 11 is 2.78. The molecule has 0 atom stereocenters. The zero-order chi connectivity index (χ0) is 13.8. The second kappa shape index (κ2) is 5.98. The van der Waals surface area contributed by atoms with Crippen molar-refractivity contribution in [2.75, 3.05) is 7.11 Å². The van der Waals surface area contributed by atoms with E-state index in [1.54, 1.807) is 12.4 Å². The van der Waals surface area contributed by atoms with E-state index in [1.807, 2.05) is 5.38 Å². The molecule has 0 unspecified atom stereocenters. The van der Waals surface area contributed by atoms with Crippen molar-refractivity contribution in [2.24, 2.45) is 0 Å². The predicted octanol–water partition coefficient (Wildman–Crippen LogP) is 1.61. The number of methoxy groups -OCH3 is 1.